The van der Waals surface area contributed by atoms with Gasteiger partial charge in [0.1, 0.15) is 0 Å². The van der Waals surface area contributed by atoms with Crippen molar-refractivity contribution < 1.29 is 9.53 Å². The van der Waals surface area contributed by atoms with E-state index in [2.05, 4.69) is 29.6 Å². The third kappa shape index (κ3) is 1.82. The summed E-state index contributed by atoms with van der Waals surface area (Å²) < 4.78 is 4.75. The molecular formula is C15H15NO2. The maximum absolute atomic E-state index is 11.5. The van der Waals surface area contributed by atoms with Crippen LogP contribution in [0.4, 0.5) is 5.69 Å². The van der Waals surface area contributed by atoms with E-state index < -0.39 is 0 Å². The molecule has 1 aromatic carbocycles. The molecule has 3 heteroatoms. The Labute approximate surface area is 106 Å². The van der Waals surface area contributed by atoms with Crippen molar-refractivity contribution in [2.75, 3.05) is 12.4 Å². The third-order valence-corrected chi connectivity index (χ3v) is 3.55. The van der Waals surface area contributed by atoms with Gasteiger partial charge in [0.05, 0.1) is 18.7 Å². The highest BCUT2D eigenvalue weighted by atomic mass is 16.5. The zero-order chi connectivity index (χ0) is 12.5. The summed E-state index contributed by atoms with van der Waals surface area (Å²) in [4.78, 5) is 11.5. The van der Waals surface area contributed by atoms with Gasteiger partial charge in [0.2, 0.25) is 0 Å². The van der Waals surface area contributed by atoms with Crippen LogP contribution in [0.3, 0.4) is 0 Å². The average Bonchev–Trinajstić information content (AvgIpc) is 2.43. The first-order valence-corrected chi connectivity index (χ1v) is 6.11. The molecule has 92 valence electrons. The molecule has 3 rings (SSSR count). The van der Waals surface area contributed by atoms with Gasteiger partial charge in [-0.3, -0.25) is 0 Å². The second-order valence-corrected chi connectivity index (χ2v) is 4.67. The number of esters is 1. The zero-order valence-corrected chi connectivity index (χ0v) is 10.2. The fourth-order valence-corrected chi connectivity index (χ4v) is 2.59. The molecule has 18 heavy (non-hydrogen) atoms. The molecule has 1 heterocycles. The van der Waals surface area contributed by atoms with Crippen LogP contribution < -0.4 is 5.32 Å². The van der Waals surface area contributed by atoms with Crippen LogP contribution in [0.2, 0.25) is 0 Å². The van der Waals surface area contributed by atoms with E-state index in [4.69, 9.17) is 4.74 Å². The van der Waals surface area contributed by atoms with E-state index in [1.54, 1.807) is 6.07 Å². The quantitative estimate of drug-likeness (QED) is 0.768. The van der Waals surface area contributed by atoms with E-state index in [1.165, 1.54) is 12.7 Å². The molecule has 1 aliphatic carbocycles. The maximum Gasteiger partial charge on any atom is 0.337 e. The van der Waals surface area contributed by atoms with Crippen LogP contribution in [0.15, 0.2) is 42.5 Å². The lowest BCUT2D eigenvalue weighted by Gasteiger charge is -2.32. The number of methoxy groups -OCH3 is 1. The van der Waals surface area contributed by atoms with Gasteiger partial charge in [0.25, 0.3) is 0 Å². The minimum absolute atomic E-state index is 0.279. The fraction of sp³-hybridized carbons (Fsp3) is 0.267. The predicted molar refractivity (Wildman–Crippen MR) is 70.7 cm³/mol. The highest BCUT2D eigenvalue weighted by Gasteiger charge is 2.26. The van der Waals surface area contributed by atoms with Crippen molar-refractivity contribution in [1.29, 1.82) is 0 Å². The first kappa shape index (κ1) is 11.1. The molecule has 2 atom stereocenters. The molecule has 2 aliphatic rings. The number of carbonyl (C=O) groups is 1. The molecule has 2 unspecified atom stereocenters. The monoisotopic (exact) mass is 241 g/mol. The molecule has 0 fully saturated rings. The van der Waals surface area contributed by atoms with E-state index in [9.17, 15) is 4.79 Å². The van der Waals surface area contributed by atoms with Crippen LogP contribution in [-0.4, -0.2) is 19.1 Å². The molecular weight excluding hydrogens is 226 g/mol. The van der Waals surface area contributed by atoms with Gasteiger partial charge in [0, 0.05) is 11.6 Å². The van der Waals surface area contributed by atoms with Gasteiger partial charge in [-0.25, -0.2) is 4.79 Å². The van der Waals surface area contributed by atoms with Crippen LogP contribution >= 0.6 is 0 Å². The van der Waals surface area contributed by atoms with Crippen LogP contribution in [0.25, 0.3) is 0 Å². The first-order valence-electron chi connectivity index (χ1n) is 6.11. The molecule has 1 aliphatic heterocycles. The van der Waals surface area contributed by atoms with Crippen molar-refractivity contribution in [2.24, 2.45) is 5.92 Å². The normalized spacial score (nSPS) is 23.8. The Hall–Kier alpha value is -2.03. The summed E-state index contributed by atoms with van der Waals surface area (Å²) in [7, 11) is 1.41. The van der Waals surface area contributed by atoms with E-state index in [0.717, 1.165) is 12.1 Å². The standard InChI is InChI=1S/C15H15NO2/c1-18-15(17)11-6-7-14-12(9-11)8-10-4-2-3-5-13(10)16-14/h2-7,9-10,13,16H,8H2,1H3. The summed E-state index contributed by atoms with van der Waals surface area (Å²) in [5.41, 5.74) is 2.91. The van der Waals surface area contributed by atoms with Gasteiger partial charge >= 0.3 is 5.97 Å². The van der Waals surface area contributed by atoms with Crippen molar-refractivity contribution in [2.45, 2.75) is 12.5 Å². The number of nitrogens with one attached hydrogen (secondary N) is 1. The van der Waals surface area contributed by atoms with E-state index in [-0.39, 0.29) is 5.97 Å². The molecule has 0 bridgehead atoms. The van der Waals surface area contributed by atoms with Gasteiger partial charge < -0.3 is 10.1 Å². The summed E-state index contributed by atoms with van der Waals surface area (Å²) in [5, 5.41) is 3.49. The topological polar surface area (TPSA) is 38.3 Å². The number of carbonyl (C=O) groups excluding carboxylic acids is 1. The van der Waals surface area contributed by atoms with E-state index >= 15 is 0 Å². The van der Waals surface area contributed by atoms with E-state index in [1.807, 2.05) is 12.1 Å². The van der Waals surface area contributed by atoms with Gasteiger partial charge in [-0.15, -0.1) is 0 Å². The minimum Gasteiger partial charge on any atom is -0.465 e. The summed E-state index contributed by atoms with van der Waals surface area (Å²) in [6.45, 7) is 0. The van der Waals surface area contributed by atoms with Gasteiger partial charge in [0.15, 0.2) is 0 Å². The SMILES string of the molecule is COC(=O)c1ccc2c(c1)CC1C=CC=CC1N2. The second-order valence-electron chi connectivity index (χ2n) is 4.67. The van der Waals surface area contributed by atoms with E-state index in [0.29, 0.717) is 17.5 Å². The van der Waals surface area contributed by atoms with Crippen LogP contribution in [0.5, 0.6) is 0 Å². The Morgan fingerprint density at radius 3 is 3.00 bits per heavy atom. The van der Waals surface area contributed by atoms with Crippen molar-refractivity contribution >= 4 is 11.7 Å². The Kier molecular flexibility index (Phi) is 2.67. The van der Waals surface area contributed by atoms with Crippen molar-refractivity contribution in [3.05, 3.63) is 53.6 Å². The Balaban J connectivity index is 1.94. The predicted octanol–water partition coefficient (Wildman–Crippen LogP) is 2.55. The lowest BCUT2D eigenvalue weighted by molar-refractivity contribution is 0.0600. The maximum atomic E-state index is 11.5. The van der Waals surface area contributed by atoms with Crippen LogP contribution in [0.1, 0.15) is 15.9 Å². The number of hydrogen-bond acceptors (Lipinski definition) is 3. The van der Waals surface area contributed by atoms with Gasteiger partial charge in [-0.2, -0.15) is 0 Å². The molecule has 0 spiro atoms. The molecule has 0 aromatic heterocycles. The average molecular weight is 241 g/mol. The lowest BCUT2D eigenvalue weighted by Crippen LogP contribution is -2.33. The van der Waals surface area contributed by atoms with Crippen LogP contribution in [-0.2, 0) is 11.2 Å². The number of allylic oxidation sites excluding steroid dienone is 2. The number of rotatable bonds is 1. The molecule has 0 saturated carbocycles. The molecule has 1 aromatic rings. The largest absolute Gasteiger partial charge is 0.465 e. The summed E-state index contributed by atoms with van der Waals surface area (Å²) in [6, 6.07) is 6.06. The Morgan fingerprint density at radius 1 is 1.33 bits per heavy atom. The van der Waals surface area contributed by atoms with Crippen molar-refractivity contribution in [3.8, 4) is 0 Å². The minimum atomic E-state index is -0.279. The Morgan fingerprint density at radius 2 is 2.17 bits per heavy atom. The van der Waals surface area contributed by atoms with Gasteiger partial charge in [-0.1, -0.05) is 24.3 Å². The third-order valence-electron chi connectivity index (χ3n) is 3.55. The Bertz CT molecular complexity index is 545. The number of fused-ring (bicyclic) bond motifs is 2. The summed E-state index contributed by atoms with van der Waals surface area (Å²) >= 11 is 0. The number of ether oxygens (including phenoxy) is 1. The highest BCUT2D eigenvalue weighted by molar-refractivity contribution is 5.90. The second kappa shape index (κ2) is 4.33. The first-order chi connectivity index (χ1) is 8.78. The van der Waals surface area contributed by atoms with Gasteiger partial charge in [-0.05, 0) is 30.2 Å². The fourth-order valence-electron chi connectivity index (χ4n) is 2.59. The lowest BCUT2D eigenvalue weighted by atomic mass is 9.84. The molecule has 0 saturated heterocycles. The van der Waals surface area contributed by atoms with Crippen molar-refractivity contribution in [3.63, 3.8) is 0 Å². The highest BCUT2D eigenvalue weighted by Crippen LogP contribution is 2.32. The molecule has 0 amide bonds. The summed E-state index contributed by atoms with van der Waals surface area (Å²) in [5.74, 6) is 0.189. The van der Waals surface area contributed by atoms with Crippen molar-refractivity contribution in [1.82, 2.24) is 0 Å². The summed E-state index contributed by atoms with van der Waals surface area (Å²) in [6.07, 6.45) is 9.51. The smallest absolute Gasteiger partial charge is 0.337 e. The van der Waals surface area contributed by atoms with Crippen LogP contribution in [0, 0.1) is 5.92 Å². The zero-order valence-electron chi connectivity index (χ0n) is 10.2. The molecule has 0 radical (unpaired) electrons. The number of hydrogen-bond donors (Lipinski definition) is 1. The number of anilines is 1. The number of benzene rings is 1. The molecule has 1 N–H and O–H groups in total. The molecule has 3 nitrogen and oxygen atoms in total.